The van der Waals surface area contributed by atoms with Crippen LogP contribution in [0.15, 0.2) is 73.1 Å². The van der Waals surface area contributed by atoms with Crippen LogP contribution in [0, 0.1) is 5.92 Å². The minimum atomic E-state index is 0.154. The SMILES string of the molecule is c1ccc(-c2cc(NC(CC3CCOC3)c3ccccc3)n3ncnc3n2)cc1. The van der Waals surface area contributed by atoms with Crippen molar-refractivity contribution >= 4 is 11.6 Å². The second-order valence-corrected chi connectivity index (χ2v) is 7.44. The molecule has 1 N–H and O–H groups in total. The number of rotatable bonds is 6. The molecule has 146 valence electrons. The van der Waals surface area contributed by atoms with Crippen molar-refractivity contribution < 1.29 is 4.74 Å². The van der Waals surface area contributed by atoms with Gasteiger partial charge < -0.3 is 10.1 Å². The van der Waals surface area contributed by atoms with Crippen LogP contribution in [0.1, 0.15) is 24.4 Å². The van der Waals surface area contributed by atoms with Gasteiger partial charge in [-0.05, 0) is 24.3 Å². The minimum absolute atomic E-state index is 0.154. The number of benzene rings is 2. The fourth-order valence-corrected chi connectivity index (χ4v) is 3.92. The zero-order chi connectivity index (χ0) is 19.5. The highest BCUT2D eigenvalue weighted by molar-refractivity contribution is 5.65. The van der Waals surface area contributed by atoms with E-state index in [0.717, 1.165) is 43.1 Å². The summed E-state index contributed by atoms with van der Waals surface area (Å²) in [6.07, 6.45) is 3.66. The maximum atomic E-state index is 5.61. The van der Waals surface area contributed by atoms with Crippen LogP contribution in [0.2, 0.25) is 0 Å². The molecule has 4 aromatic rings. The monoisotopic (exact) mass is 385 g/mol. The fraction of sp³-hybridized carbons (Fsp3) is 0.261. The summed E-state index contributed by atoms with van der Waals surface area (Å²) in [6.45, 7) is 1.68. The Bertz CT molecular complexity index is 1070. The molecule has 0 saturated carbocycles. The van der Waals surface area contributed by atoms with Crippen molar-refractivity contribution in [3.05, 3.63) is 78.6 Å². The van der Waals surface area contributed by atoms with Crippen molar-refractivity contribution in [3.8, 4) is 11.3 Å². The predicted octanol–water partition coefficient (Wildman–Crippen LogP) is 4.37. The molecule has 0 radical (unpaired) electrons. The first kappa shape index (κ1) is 17.8. The summed E-state index contributed by atoms with van der Waals surface area (Å²) >= 11 is 0. The van der Waals surface area contributed by atoms with Crippen molar-refractivity contribution in [2.75, 3.05) is 18.5 Å². The van der Waals surface area contributed by atoms with Gasteiger partial charge in [-0.25, -0.2) is 4.98 Å². The second kappa shape index (κ2) is 8.01. The number of ether oxygens (including phenoxy) is 1. The number of nitrogens with one attached hydrogen (secondary N) is 1. The molecule has 2 aromatic heterocycles. The Morgan fingerprint density at radius 1 is 1.07 bits per heavy atom. The lowest BCUT2D eigenvalue weighted by Gasteiger charge is -2.23. The molecule has 3 heterocycles. The van der Waals surface area contributed by atoms with E-state index in [0.29, 0.717) is 11.7 Å². The maximum absolute atomic E-state index is 5.61. The van der Waals surface area contributed by atoms with Crippen LogP contribution in [0.5, 0.6) is 0 Å². The Hall–Kier alpha value is -3.25. The van der Waals surface area contributed by atoms with Gasteiger partial charge in [0.1, 0.15) is 12.1 Å². The van der Waals surface area contributed by atoms with Crippen LogP contribution in [-0.4, -0.2) is 32.8 Å². The number of hydrogen-bond donors (Lipinski definition) is 1. The van der Waals surface area contributed by atoms with Crippen molar-refractivity contribution in [3.63, 3.8) is 0 Å². The third kappa shape index (κ3) is 3.84. The summed E-state index contributed by atoms with van der Waals surface area (Å²) in [5, 5.41) is 8.11. The number of nitrogens with zero attached hydrogens (tertiary/aromatic N) is 4. The lowest BCUT2D eigenvalue weighted by Crippen LogP contribution is -2.18. The Morgan fingerprint density at radius 3 is 2.62 bits per heavy atom. The highest BCUT2D eigenvalue weighted by Crippen LogP contribution is 2.31. The van der Waals surface area contributed by atoms with Gasteiger partial charge in [0.05, 0.1) is 11.7 Å². The Kier molecular flexibility index (Phi) is 4.92. The van der Waals surface area contributed by atoms with Crippen LogP contribution in [0.25, 0.3) is 17.0 Å². The summed E-state index contributed by atoms with van der Waals surface area (Å²) in [7, 11) is 0. The van der Waals surface area contributed by atoms with E-state index in [2.05, 4.69) is 68.9 Å². The predicted molar refractivity (Wildman–Crippen MR) is 113 cm³/mol. The first-order valence-electron chi connectivity index (χ1n) is 10.0. The van der Waals surface area contributed by atoms with Gasteiger partial charge in [-0.1, -0.05) is 60.7 Å². The van der Waals surface area contributed by atoms with E-state index in [1.807, 2.05) is 18.2 Å². The third-order valence-corrected chi connectivity index (χ3v) is 5.44. The fourth-order valence-electron chi connectivity index (χ4n) is 3.92. The molecule has 29 heavy (non-hydrogen) atoms. The zero-order valence-electron chi connectivity index (χ0n) is 16.1. The smallest absolute Gasteiger partial charge is 0.254 e. The molecule has 1 aliphatic heterocycles. The van der Waals surface area contributed by atoms with E-state index >= 15 is 0 Å². The summed E-state index contributed by atoms with van der Waals surface area (Å²) in [5.41, 5.74) is 3.19. The Morgan fingerprint density at radius 2 is 1.86 bits per heavy atom. The second-order valence-electron chi connectivity index (χ2n) is 7.44. The number of hydrogen-bond acceptors (Lipinski definition) is 5. The molecule has 0 bridgehead atoms. The van der Waals surface area contributed by atoms with Gasteiger partial charge in [-0.2, -0.15) is 14.6 Å². The summed E-state index contributed by atoms with van der Waals surface area (Å²) < 4.78 is 7.38. The molecule has 2 aromatic carbocycles. The van der Waals surface area contributed by atoms with Crippen molar-refractivity contribution in [1.82, 2.24) is 19.6 Å². The topological polar surface area (TPSA) is 64.3 Å². The molecule has 1 aliphatic rings. The van der Waals surface area contributed by atoms with E-state index in [1.54, 1.807) is 10.8 Å². The first-order valence-corrected chi connectivity index (χ1v) is 10.0. The highest BCUT2D eigenvalue weighted by Gasteiger charge is 2.23. The molecule has 0 spiro atoms. The molecule has 6 nitrogen and oxygen atoms in total. The number of aromatic nitrogens is 4. The minimum Gasteiger partial charge on any atom is -0.381 e. The number of fused-ring (bicyclic) bond motifs is 1. The van der Waals surface area contributed by atoms with E-state index < -0.39 is 0 Å². The van der Waals surface area contributed by atoms with Crippen LogP contribution in [0.3, 0.4) is 0 Å². The highest BCUT2D eigenvalue weighted by atomic mass is 16.5. The maximum Gasteiger partial charge on any atom is 0.254 e. The Balaban J connectivity index is 1.53. The van der Waals surface area contributed by atoms with Crippen LogP contribution in [0.4, 0.5) is 5.82 Å². The first-order chi connectivity index (χ1) is 14.4. The van der Waals surface area contributed by atoms with Gasteiger partial charge in [0.25, 0.3) is 5.78 Å². The summed E-state index contributed by atoms with van der Waals surface area (Å²) in [5.74, 6) is 2.03. The molecule has 0 amide bonds. The van der Waals surface area contributed by atoms with Gasteiger partial charge in [-0.15, -0.1) is 0 Å². The molecule has 2 atom stereocenters. The molecular weight excluding hydrogens is 362 g/mol. The normalized spacial score (nSPS) is 17.4. The van der Waals surface area contributed by atoms with Crippen LogP contribution >= 0.6 is 0 Å². The third-order valence-electron chi connectivity index (χ3n) is 5.44. The van der Waals surface area contributed by atoms with E-state index in [9.17, 15) is 0 Å². The average molecular weight is 385 g/mol. The van der Waals surface area contributed by atoms with Crippen molar-refractivity contribution in [2.45, 2.75) is 18.9 Å². The van der Waals surface area contributed by atoms with Gasteiger partial charge in [0, 0.05) is 24.8 Å². The zero-order valence-corrected chi connectivity index (χ0v) is 16.1. The molecule has 0 aliphatic carbocycles. The van der Waals surface area contributed by atoms with E-state index in [4.69, 9.17) is 4.74 Å². The van der Waals surface area contributed by atoms with Gasteiger partial charge >= 0.3 is 0 Å². The van der Waals surface area contributed by atoms with Crippen LogP contribution in [-0.2, 0) is 4.74 Å². The molecule has 6 heteroatoms. The lowest BCUT2D eigenvalue weighted by atomic mass is 9.94. The molecular formula is C23H23N5O. The van der Waals surface area contributed by atoms with Gasteiger partial charge in [-0.3, -0.25) is 0 Å². The van der Waals surface area contributed by atoms with Crippen molar-refractivity contribution in [2.24, 2.45) is 5.92 Å². The van der Waals surface area contributed by atoms with Crippen molar-refractivity contribution in [1.29, 1.82) is 0 Å². The van der Waals surface area contributed by atoms with E-state index in [-0.39, 0.29) is 6.04 Å². The summed E-state index contributed by atoms with van der Waals surface area (Å²) in [4.78, 5) is 9.01. The van der Waals surface area contributed by atoms with Crippen LogP contribution < -0.4 is 5.32 Å². The lowest BCUT2D eigenvalue weighted by molar-refractivity contribution is 0.183. The van der Waals surface area contributed by atoms with Gasteiger partial charge in [0.2, 0.25) is 0 Å². The van der Waals surface area contributed by atoms with Gasteiger partial charge in [0.15, 0.2) is 0 Å². The largest absolute Gasteiger partial charge is 0.381 e. The Labute approximate surface area is 169 Å². The average Bonchev–Trinajstić information content (AvgIpc) is 3.46. The standard InChI is InChI=1S/C23H23N5O/c1-3-7-18(8-4-1)20(13-17-11-12-29-15-17)26-22-14-21(19-9-5-2-6-10-19)27-23-24-16-25-28(22)23/h1-10,14,16-17,20,26H,11-13,15H2. The molecule has 2 unspecified atom stereocenters. The molecule has 1 saturated heterocycles. The molecule has 1 fully saturated rings. The number of anilines is 1. The molecule has 5 rings (SSSR count). The quantitative estimate of drug-likeness (QED) is 0.534. The van der Waals surface area contributed by atoms with E-state index in [1.165, 1.54) is 5.56 Å². The summed E-state index contributed by atoms with van der Waals surface area (Å²) in [6, 6.07) is 22.9.